The number of nitrogens with one attached hydrogen (secondary N) is 1. The minimum Gasteiger partial charge on any atom is -0.376 e. The van der Waals surface area contributed by atoms with Crippen LogP contribution in [-0.2, 0) is 30.9 Å². The molecule has 0 radical (unpaired) electrons. The lowest BCUT2D eigenvalue weighted by Crippen LogP contribution is -2.37. The van der Waals surface area contributed by atoms with Gasteiger partial charge in [-0.15, -0.1) is 0 Å². The van der Waals surface area contributed by atoms with Gasteiger partial charge in [-0.05, 0) is 24.6 Å². The van der Waals surface area contributed by atoms with Gasteiger partial charge in [0, 0.05) is 62.1 Å². The van der Waals surface area contributed by atoms with Gasteiger partial charge in [0.1, 0.15) is 5.82 Å². The number of hydrogen-bond donors (Lipinski definition) is 1. The predicted molar refractivity (Wildman–Crippen MR) is 97.2 cm³/mol. The first-order valence-electron chi connectivity index (χ1n) is 9.04. The third-order valence-electron chi connectivity index (χ3n) is 4.96. The predicted octanol–water partition coefficient (Wildman–Crippen LogP) is 2.34. The van der Waals surface area contributed by atoms with E-state index < -0.39 is 0 Å². The molecule has 4 rings (SSSR count). The van der Waals surface area contributed by atoms with E-state index in [-0.39, 0.29) is 0 Å². The summed E-state index contributed by atoms with van der Waals surface area (Å²) in [4.78, 5) is 11.2. The molecule has 136 valence electrons. The van der Waals surface area contributed by atoms with Crippen molar-refractivity contribution in [2.75, 3.05) is 13.2 Å². The Morgan fingerprint density at radius 1 is 1.19 bits per heavy atom. The summed E-state index contributed by atoms with van der Waals surface area (Å²) >= 11 is 0. The molecule has 0 unspecified atom stereocenters. The standard InChI is InChI=1S/C19H24N6O/c1-15-19-21-12-18(4-9-26-14-16-2-5-20-6-3-16)25(19)8-7-24(15)13-17-10-22-23-11-17/h2-3,5-6,10-12,15H,4,7-9,13-14H2,1H3,(H,22,23)/t15-/m0/s1. The van der Waals surface area contributed by atoms with Gasteiger partial charge in [0.15, 0.2) is 0 Å². The molecule has 3 aromatic rings. The maximum absolute atomic E-state index is 5.81. The highest BCUT2D eigenvalue weighted by Gasteiger charge is 2.26. The normalized spacial score (nSPS) is 17.3. The highest BCUT2D eigenvalue weighted by molar-refractivity contribution is 5.13. The van der Waals surface area contributed by atoms with Gasteiger partial charge in [-0.25, -0.2) is 4.98 Å². The van der Waals surface area contributed by atoms with E-state index in [2.05, 4.69) is 36.6 Å². The van der Waals surface area contributed by atoms with Gasteiger partial charge >= 0.3 is 0 Å². The van der Waals surface area contributed by atoms with Crippen molar-refractivity contribution in [2.24, 2.45) is 0 Å². The van der Waals surface area contributed by atoms with Gasteiger partial charge in [-0.2, -0.15) is 5.10 Å². The molecule has 1 aliphatic rings. The van der Waals surface area contributed by atoms with Crippen molar-refractivity contribution >= 4 is 0 Å². The zero-order chi connectivity index (χ0) is 17.8. The van der Waals surface area contributed by atoms with Crippen molar-refractivity contribution in [3.05, 3.63) is 65.8 Å². The largest absolute Gasteiger partial charge is 0.376 e. The number of fused-ring (bicyclic) bond motifs is 1. The third-order valence-corrected chi connectivity index (χ3v) is 4.96. The number of aromatic nitrogens is 5. The number of H-pyrrole nitrogens is 1. The number of pyridine rings is 1. The number of aromatic amines is 1. The fourth-order valence-electron chi connectivity index (χ4n) is 3.46. The van der Waals surface area contributed by atoms with Crippen molar-refractivity contribution in [3.8, 4) is 0 Å². The highest BCUT2D eigenvalue weighted by atomic mass is 16.5. The minimum absolute atomic E-state index is 0.296. The number of nitrogens with zero attached hydrogens (tertiary/aromatic N) is 5. The summed E-state index contributed by atoms with van der Waals surface area (Å²) in [5.41, 5.74) is 3.62. The van der Waals surface area contributed by atoms with Crippen LogP contribution in [0.1, 0.15) is 35.6 Å². The summed E-state index contributed by atoms with van der Waals surface area (Å²) in [6, 6.07) is 4.26. The molecule has 26 heavy (non-hydrogen) atoms. The van der Waals surface area contributed by atoms with Gasteiger partial charge in [0.05, 0.1) is 25.5 Å². The van der Waals surface area contributed by atoms with Crippen molar-refractivity contribution in [1.82, 2.24) is 29.6 Å². The fraction of sp³-hybridized carbons (Fsp3) is 0.421. The van der Waals surface area contributed by atoms with E-state index >= 15 is 0 Å². The molecule has 0 fully saturated rings. The summed E-state index contributed by atoms with van der Waals surface area (Å²) in [6.07, 6.45) is 10.3. The number of rotatable bonds is 7. The van der Waals surface area contributed by atoms with Crippen LogP contribution in [0.2, 0.25) is 0 Å². The Balaban J connectivity index is 1.33. The molecule has 1 atom stereocenters. The molecule has 7 heteroatoms. The Labute approximate surface area is 153 Å². The van der Waals surface area contributed by atoms with Crippen LogP contribution in [0, 0.1) is 0 Å². The molecule has 1 N–H and O–H groups in total. The van der Waals surface area contributed by atoms with Crippen LogP contribution in [-0.4, -0.2) is 42.8 Å². The molecule has 0 saturated carbocycles. The molecule has 0 aliphatic carbocycles. The lowest BCUT2D eigenvalue weighted by Gasteiger charge is -2.34. The molecule has 3 aromatic heterocycles. The molecule has 0 aromatic carbocycles. The molecular weight excluding hydrogens is 328 g/mol. The maximum atomic E-state index is 5.81. The van der Waals surface area contributed by atoms with E-state index in [0.717, 1.165) is 37.4 Å². The van der Waals surface area contributed by atoms with Crippen LogP contribution in [0.5, 0.6) is 0 Å². The fourth-order valence-corrected chi connectivity index (χ4v) is 3.46. The molecule has 7 nitrogen and oxygen atoms in total. The molecule has 4 heterocycles. The number of ether oxygens (including phenoxy) is 1. The second kappa shape index (κ2) is 7.80. The van der Waals surface area contributed by atoms with Crippen molar-refractivity contribution in [1.29, 1.82) is 0 Å². The van der Waals surface area contributed by atoms with Gasteiger partial charge < -0.3 is 9.30 Å². The van der Waals surface area contributed by atoms with E-state index in [0.29, 0.717) is 19.3 Å². The van der Waals surface area contributed by atoms with E-state index in [1.54, 1.807) is 12.4 Å². The Kier molecular flexibility index (Phi) is 5.08. The average molecular weight is 352 g/mol. The highest BCUT2D eigenvalue weighted by Crippen LogP contribution is 2.26. The molecular formula is C19H24N6O. The quantitative estimate of drug-likeness (QED) is 0.661. The van der Waals surface area contributed by atoms with Gasteiger partial charge in [0.25, 0.3) is 0 Å². The van der Waals surface area contributed by atoms with Gasteiger partial charge in [0.2, 0.25) is 0 Å². The van der Waals surface area contributed by atoms with Crippen molar-refractivity contribution in [3.63, 3.8) is 0 Å². The first kappa shape index (κ1) is 16.9. The minimum atomic E-state index is 0.296. The topological polar surface area (TPSA) is 71.9 Å². The number of hydrogen-bond acceptors (Lipinski definition) is 5. The second-order valence-electron chi connectivity index (χ2n) is 6.67. The molecule has 0 spiro atoms. The van der Waals surface area contributed by atoms with Crippen LogP contribution >= 0.6 is 0 Å². The van der Waals surface area contributed by atoms with Crippen LogP contribution in [0.25, 0.3) is 0 Å². The SMILES string of the molecule is C[C@H]1c2ncc(CCOCc3ccncc3)n2CCN1Cc1cn[nH]c1. The first-order chi connectivity index (χ1) is 12.8. The van der Waals surface area contributed by atoms with Crippen LogP contribution in [0.4, 0.5) is 0 Å². The second-order valence-corrected chi connectivity index (χ2v) is 6.67. The smallest absolute Gasteiger partial charge is 0.126 e. The lowest BCUT2D eigenvalue weighted by atomic mass is 10.2. The van der Waals surface area contributed by atoms with E-state index in [4.69, 9.17) is 4.74 Å². The average Bonchev–Trinajstić information content (AvgIpc) is 3.32. The van der Waals surface area contributed by atoms with Crippen molar-refractivity contribution < 1.29 is 4.74 Å². The zero-order valence-electron chi connectivity index (χ0n) is 15.0. The summed E-state index contributed by atoms with van der Waals surface area (Å²) in [5.74, 6) is 1.14. The van der Waals surface area contributed by atoms with Gasteiger partial charge in [-0.1, -0.05) is 0 Å². The summed E-state index contributed by atoms with van der Waals surface area (Å²) in [7, 11) is 0. The summed E-state index contributed by atoms with van der Waals surface area (Å²) in [5, 5.41) is 6.92. The van der Waals surface area contributed by atoms with Crippen molar-refractivity contribution in [2.45, 2.75) is 39.1 Å². The Morgan fingerprint density at radius 3 is 2.88 bits per heavy atom. The van der Waals surface area contributed by atoms with E-state index in [9.17, 15) is 0 Å². The number of imidazole rings is 1. The van der Waals surface area contributed by atoms with E-state index in [1.807, 2.05) is 30.7 Å². The Hall–Kier alpha value is -2.51. The molecule has 0 bridgehead atoms. The zero-order valence-corrected chi connectivity index (χ0v) is 15.0. The Morgan fingerprint density at radius 2 is 2.08 bits per heavy atom. The summed E-state index contributed by atoms with van der Waals surface area (Å²) in [6.45, 7) is 6.42. The molecule has 1 aliphatic heterocycles. The van der Waals surface area contributed by atoms with Crippen LogP contribution in [0.3, 0.4) is 0 Å². The van der Waals surface area contributed by atoms with Gasteiger partial charge in [-0.3, -0.25) is 15.0 Å². The summed E-state index contributed by atoms with van der Waals surface area (Å²) < 4.78 is 8.17. The Bertz CT molecular complexity index is 814. The van der Waals surface area contributed by atoms with Crippen LogP contribution < -0.4 is 0 Å². The monoisotopic (exact) mass is 352 g/mol. The molecule has 0 amide bonds. The van der Waals surface area contributed by atoms with Crippen LogP contribution in [0.15, 0.2) is 43.1 Å². The van der Waals surface area contributed by atoms with E-state index in [1.165, 1.54) is 11.3 Å². The molecule has 0 saturated heterocycles. The lowest BCUT2D eigenvalue weighted by molar-refractivity contribution is 0.120. The maximum Gasteiger partial charge on any atom is 0.126 e. The first-order valence-corrected chi connectivity index (χ1v) is 9.04. The third kappa shape index (κ3) is 3.68.